The van der Waals surface area contributed by atoms with E-state index in [1.807, 2.05) is 20.8 Å². The summed E-state index contributed by atoms with van der Waals surface area (Å²) < 4.78 is 5.20. The van der Waals surface area contributed by atoms with Crippen LogP contribution < -0.4 is 5.73 Å². The van der Waals surface area contributed by atoms with Gasteiger partial charge in [0, 0.05) is 6.54 Å². The van der Waals surface area contributed by atoms with E-state index in [2.05, 4.69) is 0 Å². The minimum absolute atomic E-state index is 0.158. The molecule has 76 valence electrons. The molecule has 1 fully saturated rings. The Kier molecular flexibility index (Phi) is 2.81. The average Bonchev–Trinajstić information content (AvgIpc) is 2.30. The van der Waals surface area contributed by atoms with Gasteiger partial charge in [-0.1, -0.05) is 0 Å². The summed E-state index contributed by atoms with van der Waals surface area (Å²) >= 11 is 0. The maximum Gasteiger partial charge on any atom is 0.411 e. The second-order valence-corrected chi connectivity index (χ2v) is 4.38. The summed E-state index contributed by atoms with van der Waals surface area (Å²) in [7, 11) is 0. The van der Waals surface area contributed by atoms with Gasteiger partial charge in [0.25, 0.3) is 0 Å². The van der Waals surface area contributed by atoms with Crippen LogP contribution in [-0.2, 0) is 4.74 Å². The molecule has 0 saturated carbocycles. The quantitative estimate of drug-likeness (QED) is 0.620. The van der Waals surface area contributed by atoms with Gasteiger partial charge in [-0.3, -0.25) is 4.90 Å². The molecular formula is C9H18N2O2. The number of hydrogen-bond acceptors (Lipinski definition) is 3. The molecule has 0 aliphatic carbocycles. The Morgan fingerprint density at radius 1 is 1.54 bits per heavy atom. The molecule has 1 atom stereocenters. The van der Waals surface area contributed by atoms with Crippen LogP contribution >= 0.6 is 0 Å². The lowest BCUT2D eigenvalue weighted by Crippen LogP contribution is -2.43. The van der Waals surface area contributed by atoms with Gasteiger partial charge in [-0.25, -0.2) is 4.79 Å². The number of likely N-dealkylation sites (tertiary alicyclic amines) is 1. The van der Waals surface area contributed by atoms with Gasteiger partial charge in [0.2, 0.25) is 0 Å². The molecule has 1 aliphatic heterocycles. The number of ether oxygens (including phenoxy) is 1. The van der Waals surface area contributed by atoms with Crippen molar-refractivity contribution < 1.29 is 9.53 Å². The van der Waals surface area contributed by atoms with E-state index < -0.39 is 5.60 Å². The van der Waals surface area contributed by atoms with Crippen LogP contribution in [-0.4, -0.2) is 29.3 Å². The minimum Gasteiger partial charge on any atom is -0.444 e. The third kappa shape index (κ3) is 2.88. The number of amides is 1. The van der Waals surface area contributed by atoms with Crippen LogP contribution in [0.3, 0.4) is 0 Å². The van der Waals surface area contributed by atoms with Gasteiger partial charge in [0.15, 0.2) is 0 Å². The molecule has 4 nitrogen and oxygen atoms in total. The van der Waals surface area contributed by atoms with Crippen molar-refractivity contribution >= 4 is 6.09 Å². The summed E-state index contributed by atoms with van der Waals surface area (Å²) in [5, 5.41) is 0. The van der Waals surface area contributed by atoms with Gasteiger partial charge in [-0.2, -0.15) is 0 Å². The Balaban J connectivity index is 2.48. The Morgan fingerprint density at radius 3 is 2.54 bits per heavy atom. The van der Waals surface area contributed by atoms with Gasteiger partial charge in [-0.15, -0.1) is 0 Å². The molecule has 0 unspecified atom stereocenters. The number of nitrogens with zero attached hydrogens (tertiary/aromatic N) is 1. The molecule has 2 N–H and O–H groups in total. The van der Waals surface area contributed by atoms with Crippen LogP contribution in [0.5, 0.6) is 0 Å². The molecule has 4 heteroatoms. The second kappa shape index (κ2) is 3.54. The molecule has 0 aromatic carbocycles. The summed E-state index contributed by atoms with van der Waals surface area (Å²) in [5.41, 5.74) is 5.29. The Labute approximate surface area is 79.0 Å². The topological polar surface area (TPSA) is 55.6 Å². The van der Waals surface area contributed by atoms with Crippen LogP contribution in [0.25, 0.3) is 0 Å². The van der Waals surface area contributed by atoms with Crippen molar-refractivity contribution in [3.63, 3.8) is 0 Å². The molecule has 0 bridgehead atoms. The first-order chi connectivity index (χ1) is 5.90. The fourth-order valence-corrected chi connectivity index (χ4v) is 1.34. The second-order valence-electron chi connectivity index (χ2n) is 4.38. The SMILES string of the molecule is CC(C)(C)OC(=O)N1CCC[C@@H]1N. The maximum absolute atomic E-state index is 11.5. The first-order valence-corrected chi connectivity index (χ1v) is 4.65. The molecule has 1 amide bonds. The molecule has 1 heterocycles. The van der Waals surface area contributed by atoms with Crippen molar-refractivity contribution in [1.82, 2.24) is 4.90 Å². The maximum atomic E-state index is 11.5. The van der Waals surface area contributed by atoms with Crippen LogP contribution in [0.15, 0.2) is 0 Å². The largest absolute Gasteiger partial charge is 0.444 e. The molecule has 0 radical (unpaired) electrons. The zero-order chi connectivity index (χ0) is 10.1. The van der Waals surface area contributed by atoms with E-state index in [0.29, 0.717) is 0 Å². The highest BCUT2D eigenvalue weighted by molar-refractivity contribution is 5.68. The molecule has 0 spiro atoms. The molecule has 0 aromatic heterocycles. The smallest absolute Gasteiger partial charge is 0.411 e. The van der Waals surface area contributed by atoms with E-state index in [1.165, 1.54) is 0 Å². The number of carbonyl (C=O) groups excluding carboxylic acids is 1. The van der Waals surface area contributed by atoms with Crippen LogP contribution in [0.2, 0.25) is 0 Å². The van der Waals surface area contributed by atoms with E-state index >= 15 is 0 Å². The summed E-state index contributed by atoms with van der Waals surface area (Å²) in [5.74, 6) is 0. The van der Waals surface area contributed by atoms with Gasteiger partial charge in [0.05, 0.1) is 6.17 Å². The van der Waals surface area contributed by atoms with Crippen LogP contribution in [0, 0.1) is 0 Å². The fourth-order valence-electron chi connectivity index (χ4n) is 1.34. The molecule has 0 aromatic rings. The predicted octanol–water partition coefficient (Wildman–Crippen LogP) is 1.30. The van der Waals surface area contributed by atoms with Crippen molar-refractivity contribution in [2.24, 2.45) is 5.73 Å². The zero-order valence-corrected chi connectivity index (χ0v) is 8.54. The zero-order valence-electron chi connectivity index (χ0n) is 8.54. The summed E-state index contributed by atoms with van der Waals surface area (Å²) in [4.78, 5) is 13.1. The van der Waals surface area contributed by atoms with Crippen molar-refractivity contribution in [3.05, 3.63) is 0 Å². The molecule has 1 rings (SSSR count). The summed E-state index contributed by atoms with van der Waals surface area (Å²) in [6, 6.07) is 0. The minimum atomic E-state index is -0.431. The average molecular weight is 186 g/mol. The third-order valence-electron chi connectivity index (χ3n) is 1.93. The van der Waals surface area contributed by atoms with Gasteiger partial charge in [-0.05, 0) is 33.6 Å². The Hall–Kier alpha value is -0.770. The van der Waals surface area contributed by atoms with E-state index in [0.717, 1.165) is 19.4 Å². The highest BCUT2D eigenvalue weighted by Gasteiger charge is 2.29. The van der Waals surface area contributed by atoms with Crippen molar-refractivity contribution in [2.45, 2.75) is 45.4 Å². The van der Waals surface area contributed by atoms with Gasteiger partial charge in [0.1, 0.15) is 5.60 Å². The van der Waals surface area contributed by atoms with E-state index in [4.69, 9.17) is 10.5 Å². The van der Waals surface area contributed by atoms with Crippen molar-refractivity contribution in [2.75, 3.05) is 6.54 Å². The van der Waals surface area contributed by atoms with Crippen molar-refractivity contribution in [1.29, 1.82) is 0 Å². The number of carbonyl (C=O) groups is 1. The highest BCUT2D eigenvalue weighted by Crippen LogP contribution is 2.17. The van der Waals surface area contributed by atoms with E-state index in [9.17, 15) is 4.79 Å². The highest BCUT2D eigenvalue weighted by atomic mass is 16.6. The van der Waals surface area contributed by atoms with Gasteiger partial charge >= 0.3 is 6.09 Å². The number of hydrogen-bond donors (Lipinski definition) is 1. The summed E-state index contributed by atoms with van der Waals surface area (Å²) in [6.45, 7) is 6.28. The monoisotopic (exact) mass is 186 g/mol. The summed E-state index contributed by atoms with van der Waals surface area (Å²) in [6.07, 6.45) is 1.40. The number of nitrogens with two attached hydrogens (primary N) is 1. The lowest BCUT2D eigenvalue weighted by atomic mass is 10.2. The normalized spacial score (nSPS) is 23.4. The van der Waals surface area contributed by atoms with Crippen LogP contribution in [0.1, 0.15) is 33.6 Å². The number of rotatable bonds is 0. The van der Waals surface area contributed by atoms with Gasteiger partial charge < -0.3 is 10.5 Å². The standard InChI is InChI=1S/C9H18N2O2/c1-9(2,3)13-8(12)11-6-4-5-7(11)10/h7H,4-6,10H2,1-3H3/t7-/m1/s1. The fraction of sp³-hybridized carbons (Fsp3) is 0.889. The molecule has 13 heavy (non-hydrogen) atoms. The lowest BCUT2D eigenvalue weighted by molar-refractivity contribution is 0.0231. The van der Waals surface area contributed by atoms with E-state index in [-0.39, 0.29) is 12.3 Å². The Bertz CT molecular complexity index is 198. The van der Waals surface area contributed by atoms with Crippen LogP contribution in [0.4, 0.5) is 4.79 Å². The first-order valence-electron chi connectivity index (χ1n) is 4.65. The molecule has 1 aliphatic rings. The van der Waals surface area contributed by atoms with Crippen molar-refractivity contribution in [3.8, 4) is 0 Å². The first kappa shape index (κ1) is 10.3. The molecule has 1 saturated heterocycles. The van der Waals surface area contributed by atoms with E-state index in [1.54, 1.807) is 4.90 Å². The third-order valence-corrected chi connectivity index (χ3v) is 1.93. The molecular weight excluding hydrogens is 168 g/mol. The lowest BCUT2D eigenvalue weighted by Gasteiger charge is -2.26. The Morgan fingerprint density at radius 2 is 2.15 bits per heavy atom. The predicted molar refractivity (Wildman–Crippen MR) is 50.1 cm³/mol.